The molecule has 5 nitrogen and oxygen atoms in total. The molecule has 0 spiro atoms. The maximum Gasteiger partial charge on any atom is 0.325 e. The summed E-state index contributed by atoms with van der Waals surface area (Å²) in [5, 5.41) is 30.9. The summed E-state index contributed by atoms with van der Waals surface area (Å²) in [4.78, 5) is 11.9. The highest BCUT2D eigenvalue weighted by molar-refractivity contribution is 7.81. The second kappa shape index (κ2) is 12.2. The van der Waals surface area contributed by atoms with Gasteiger partial charge in [-0.3, -0.25) is 10.1 Å². The van der Waals surface area contributed by atoms with Gasteiger partial charge in [-0.1, -0.05) is 52.4 Å². The first-order chi connectivity index (χ1) is 10.4. The molecule has 3 unspecified atom stereocenters. The van der Waals surface area contributed by atoms with Crippen LogP contribution in [0, 0.1) is 0 Å². The monoisotopic (exact) mass is 335 g/mol. The van der Waals surface area contributed by atoms with Gasteiger partial charge in [-0.25, -0.2) is 0 Å². The number of hydrogen-bond donors (Lipinski definition) is 5. The van der Waals surface area contributed by atoms with E-state index in [2.05, 4.69) is 31.8 Å². The van der Waals surface area contributed by atoms with E-state index in [0.29, 0.717) is 6.42 Å². The molecule has 3 atom stereocenters. The number of aliphatic carboxylic acids is 1. The van der Waals surface area contributed by atoms with Crippen molar-refractivity contribution in [3.05, 3.63) is 0 Å². The van der Waals surface area contributed by atoms with Gasteiger partial charge in [-0.05, 0) is 12.8 Å². The fourth-order valence-corrected chi connectivity index (χ4v) is 3.06. The van der Waals surface area contributed by atoms with Crippen LogP contribution < -0.4 is 5.32 Å². The molecule has 0 saturated carbocycles. The van der Waals surface area contributed by atoms with Crippen LogP contribution in [0.1, 0.15) is 65.2 Å². The average Bonchev–Trinajstić information content (AvgIpc) is 2.50. The second-order valence-electron chi connectivity index (χ2n) is 5.96. The van der Waals surface area contributed by atoms with Gasteiger partial charge < -0.3 is 15.3 Å². The van der Waals surface area contributed by atoms with Gasteiger partial charge in [0.1, 0.15) is 5.54 Å². The van der Waals surface area contributed by atoms with Gasteiger partial charge in [0.2, 0.25) is 0 Å². The van der Waals surface area contributed by atoms with Crippen LogP contribution in [-0.2, 0) is 4.79 Å². The molecular weight excluding hydrogens is 302 g/mol. The zero-order valence-electron chi connectivity index (χ0n) is 13.9. The summed E-state index contributed by atoms with van der Waals surface area (Å²) >= 11 is 4.57. The Kier molecular flexibility index (Phi) is 12.0. The summed E-state index contributed by atoms with van der Waals surface area (Å²) in [6, 6.07) is 0. The SMILES string of the molecule is CCCCCC(S)C(CCCCC)(NCC(O)CO)C(=O)O. The summed E-state index contributed by atoms with van der Waals surface area (Å²) in [6.07, 6.45) is 6.10. The number of carboxylic acid groups (broad SMARTS) is 1. The van der Waals surface area contributed by atoms with Crippen molar-refractivity contribution in [2.45, 2.75) is 82.1 Å². The van der Waals surface area contributed by atoms with Crippen LogP contribution in [-0.4, -0.2) is 51.3 Å². The zero-order valence-corrected chi connectivity index (χ0v) is 14.8. The predicted octanol–water partition coefficient (Wildman–Crippen LogP) is 2.21. The van der Waals surface area contributed by atoms with Gasteiger partial charge in [-0.2, -0.15) is 12.6 Å². The Hall–Kier alpha value is -0.300. The van der Waals surface area contributed by atoms with E-state index < -0.39 is 17.6 Å². The van der Waals surface area contributed by atoms with Crippen molar-refractivity contribution in [3.8, 4) is 0 Å². The summed E-state index contributed by atoms with van der Waals surface area (Å²) in [5.41, 5.74) is -1.15. The normalized spacial score (nSPS) is 17.0. The lowest BCUT2D eigenvalue weighted by Crippen LogP contribution is -2.60. The Morgan fingerprint density at radius 1 is 1.18 bits per heavy atom. The fourth-order valence-electron chi connectivity index (χ4n) is 2.55. The Labute approximate surface area is 139 Å². The zero-order chi connectivity index (χ0) is 17.0. The highest BCUT2D eigenvalue weighted by Gasteiger charge is 2.43. The van der Waals surface area contributed by atoms with Crippen molar-refractivity contribution in [1.82, 2.24) is 5.32 Å². The molecule has 0 bridgehead atoms. The van der Waals surface area contributed by atoms with Gasteiger partial charge in [0.25, 0.3) is 0 Å². The van der Waals surface area contributed by atoms with Crippen molar-refractivity contribution in [2.24, 2.45) is 0 Å². The molecule has 0 aromatic rings. The minimum atomic E-state index is -1.15. The number of aliphatic hydroxyl groups is 2. The average molecular weight is 336 g/mol. The van der Waals surface area contributed by atoms with Crippen LogP contribution in [0.15, 0.2) is 0 Å². The Bertz CT molecular complexity index is 304. The third-order valence-electron chi connectivity index (χ3n) is 4.07. The molecule has 6 heteroatoms. The summed E-state index contributed by atoms with van der Waals surface area (Å²) in [6.45, 7) is 3.85. The number of unbranched alkanes of at least 4 members (excludes halogenated alkanes) is 4. The lowest BCUT2D eigenvalue weighted by molar-refractivity contribution is -0.145. The fraction of sp³-hybridized carbons (Fsp3) is 0.938. The van der Waals surface area contributed by atoms with E-state index in [1.807, 2.05) is 0 Å². The first-order valence-electron chi connectivity index (χ1n) is 8.40. The maximum absolute atomic E-state index is 11.9. The highest BCUT2D eigenvalue weighted by Crippen LogP contribution is 2.28. The van der Waals surface area contributed by atoms with Crippen LogP contribution >= 0.6 is 12.6 Å². The minimum Gasteiger partial charge on any atom is -0.480 e. The van der Waals surface area contributed by atoms with E-state index in [0.717, 1.165) is 44.9 Å². The molecule has 0 radical (unpaired) electrons. The third-order valence-corrected chi connectivity index (χ3v) is 4.77. The Morgan fingerprint density at radius 2 is 1.77 bits per heavy atom. The molecule has 0 aliphatic heterocycles. The maximum atomic E-state index is 11.9. The van der Waals surface area contributed by atoms with Crippen LogP contribution in [0.5, 0.6) is 0 Å². The highest BCUT2D eigenvalue weighted by atomic mass is 32.1. The number of thiol groups is 1. The van der Waals surface area contributed by atoms with Gasteiger partial charge >= 0.3 is 5.97 Å². The predicted molar refractivity (Wildman–Crippen MR) is 92.5 cm³/mol. The van der Waals surface area contributed by atoms with Crippen LogP contribution in [0.4, 0.5) is 0 Å². The van der Waals surface area contributed by atoms with Crippen molar-refractivity contribution in [1.29, 1.82) is 0 Å². The van der Waals surface area contributed by atoms with Crippen LogP contribution in [0.25, 0.3) is 0 Å². The molecule has 0 aromatic heterocycles. The Morgan fingerprint density at radius 3 is 2.27 bits per heavy atom. The lowest BCUT2D eigenvalue weighted by Gasteiger charge is -2.36. The van der Waals surface area contributed by atoms with Gasteiger partial charge in [0, 0.05) is 11.8 Å². The van der Waals surface area contributed by atoms with Gasteiger partial charge in [0.15, 0.2) is 0 Å². The van der Waals surface area contributed by atoms with E-state index in [4.69, 9.17) is 5.11 Å². The molecule has 132 valence electrons. The van der Waals surface area contributed by atoms with Crippen LogP contribution in [0.3, 0.4) is 0 Å². The summed E-state index contributed by atoms with van der Waals surface area (Å²) in [5.74, 6) is -0.926. The van der Waals surface area contributed by atoms with Crippen molar-refractivity contribution < 1.29 is 20.1 Å². The topological polar surface area (TPSA) is 89.8 Å². The van der Waals surface area contributed by atoms with Crippen LogP contribution in [0.2, 0.25) is 0 Å². The smallest absolute Gasteiger partial charge is 0.325 e. The van der Waals surface area contributed by atoms with Gasteiger partial charge in [-0.15, -0.1) is 0 Å². The molecule has 0 aliphatic carbocycles. The number of carboxylic acids is 1. The first kappa shape index (κ1) is 21.7. The molecule has 0 saturated heterocycles. The van der Waals surface area contributed by atoms with Crippen molar-refractivity contribution >= 4 is 18.6 Å². The van der Waals surface area contributed by atoms with Gasteiger partial charge in [0.05, 0.1) is 12.7 Å². The summed E-state index contributed by atoms with van der Waals surface area (Å²) < 4.78 is 0. The summed E-state index contributed by atoms with van der Waals surface area (Å²) in [7, 11) is 0. The number of nitrogens with one attached hydrogen (secondary N) is 1. The van der Waals surface area contributed by atoms with E-state index in [9.17, 15) is 15.0 Å². The molecule has 0 rings (SSSR count). The van der Waals surface area contributed by atoms with E-state index in [1.165, 1.54) is 0 Å². The largest absolute Gasteiger partial charge is 0.480 e. The third kappa shape index (κ3) is 7.31. The standard InChI is InChI=1S/C16H33NO4S/c1-3-5-7-9-14(22)16(15(20)21,10-8-6-4-2)17-11-13(19)12-18/h13-14,17-19,22H,3-12H2,1-2H3,(H,20,21). The molecule has 4 N–H and O–H groups in total. The Balaban J connectivity index is 4.96. The van der Waals surface area contributed by atoms with E-state index >= 15 is 0 Å². The molecule has 0 aromatic carbocycles. The minimum absolute atomic E-state index is 0.0553. The first-order valence-corrected chi connectivity index (χ1v) is 8.91. The molecular formula is C16H33NO4S. The van der Waals surface area contributed by atoms with Crippen molar-refractivity contribution in [2.75, 3.05) is 13.2 Å². The quantitative estimate of drug-likeness (QED) is 0.248. The molecule has 22 heavy (non-hydrogen) atoms. The number of carbonyl (C=O) groups is 1. The lowest BCUT2D eigenvalue weighted by atomic mass is 9.85. The number of rotatable bonds is 14. The number of hydrogen-bond acceptors (Lipinski definition) is 5. The van der Waals surface area contributed by atoms with E-state index in [1.54, 1.807) is 0 Å². The molecule has 0 heterocycles. The molecule has 0 amide bonds. The molecule has 0 aliphatic rings. The number of aliphatic hydroxyl groups excluding tert-OH is 2. The molecule has 0 fully saturated rings. The second-order valence-corrected chi connectivity index (χ2v) is 6.59. The van der Waals surface area contributed by atoms with E-state index in [-0.39, 0.29) is 18.4 Å². The van der Waals surface area contributed by atoms with Crippen molar-refractivity contribution in [3.63, 3.8) is 0 Å². The number of β-amino-alcohol motifs (C(OH)–C–C–N with tert-alkyl or cyclic N) is 1.